The number of carbonyl (C=O) groups excluding carboxylic acids is 2. The van der Waals surface area contributed by atoms with E-state index in [1.807, 2.05) is 75.4 Å². The molecule has 0 radical (unpaired) electrons. The van der Waals surface area contributed by atoms with Crippen molar-refractivity contribution in [1.29, 1.82) is 0 Å². The summed E-state index contributed by atoms with van der Waals surface area (Å²) in [5.41, 5.74) is 3.14. The van der Waals surface area contributed by atoms with E-state index in [-0.39, 0.29) is 35.5 Å². The van der Waals surface area contributed by atoms with E-state index in [4.69, 9.17) is 4.42 Å². The number of amides is 2. The molecule has 2 N–H and O–H groups in total. The molecule has 4 rings (SSSR count). The Balaban J connectivity index is 1.42. The Morgan fingerprint density at radius 2 is 1.97 bits per heavy atom. The maximum atomic E-state index is 13.0. The highest BCUT2D eigenvalue weighted by Gasteiger charge is 2.36. The molecule has 8 nitrogen and oxygen atoms in total. The largest absolute Gasteiger partial charge is 0.422 e. The van der Waals surface area contributed by atoms with Crippen LogP contribution in [0.3, 0.4) is 0 Å². The fraction of sp³-hybridized carbons (Fsp3) is 0.385. The number of aromatic nitrogens is 2. The average Bonchev–Trinajstić information content (AvgIpc) is 3.44. The Bertz CT molecular complexity index is 1170. The number of thioether (sulfide) groups is 1. The van der Waals surface area contributed by atoms with Crippen molar-refractivity contribution in [3.63, 3.8) is 0 Å². The second-order valence-corrected chi connectivity index (χ2v) is 10.1. The number of aliphatic hydroxyl groups excluding tert-OH is 1. The Kier molecular flexibility index (Phi) is 7.87. The van der Waals surface area contributed by atoms with E-state index in [1.54, 1.807) is 4.90 Å². The van der Waals surface area contributed by atoms with E-state index in [0.29, 0.717) is 18.1 Å². The summed E-state index contributed by atoms with van der Waals surface area (Å²) in [5.74, 6) is 0.229. The minimum Gasteiger partial charge on any atom is -0.422 e. The lowest BCUT2D eigenvalue weighted by Crippen LogP contribution is -2.47. The van der Waals surface area contributed by atoms with Gasteiger partial charge in [-0.1, -0.05) is 74.0 Å². The Morgan fingerprint density at radius 3 is 2.69 bits per heavy atom. The van der Waals surface area contributed by atoms with Crippen LogP contribution in [0.25, 0.3) is 0 Å². The fourth-order valence-electron chi connectivity index (χ4n) is 4.12. The number of aliphatic hydroxyl groups is 1. The van der Waals surface area contributed by atoms with Crippen LogP contribution in [0.1, 0.15) is 53.8 Å². The molecule has 1 unspecified atom stereocenters. The van der Waals surface area contributed by atoms with Crippen LogP contribution in [0.5, 0.6) is 0 Å². The van der Waals surface area contributed by atoms with Crippen molar-refractivity contribution < 1.29 is 19.1 Å². The zero-order chi connectivity index (χ0) is 24.9. The van der Waals surface area contributed by atoms with Gasteiger partial charge < -0.3 is 19.7 Å². The first-order chi connectivity index (χ1) is 16.8. The van der Waals surface area contributed by atoms with E-state index < -0.39 is 12.1 Å². The normalized spacial score (nSPS) is 17.6. The standard InChI is InChI=1S/C26H30N4O4S/c1-16(2)23(24(33)25-29-28-21(34-25)13-18-9-7-8-17(3)12-18)27-20(31)14-30-22(32)15-35-26(30)19-10-5-4-6-11-19/h4-12,16,23-24,26,33H,13-15H2,1-3H3,(H,27,31)/t23-,24?,26-/m0/s1. The lowest BCUT2D eigenvalue weighted by molar-refractivity contribution is -0.134. The summed E-state index contributed by atoms with van der Waals surface area (Å²) < 4.78 is 5.74. The molecule has 1 aliphatic heterocycles. The molecule has 184 valence electrons. The second-order valence-electron chi connectivity index (χ2n) is 9.08. The number of benzene rings is 2. The van der Waals surface area contributed by atoms with Gasteiger partial charge in [-0.2, -0.15) is 0 Å². The van der Waals surface area contributed by atoms with Crippen LogP contribution in [0.4, 0.5) is 0 Å². The van der Waals surface area contributed by atoms with Gasteiger partial charge in [-0.05, 0) is 24.0 Å². The van der Waals surface area contributed by atoms with Crippen LogP contribution < -0.4 is 5.32 Å². The van der Waals surface area contributed by atoms with Gasteiger partial charge in [-0.25, -0.2) is 0 Å². The smallest absolute Gasteiger partial charge is 0.247 e. The molecule has 3 atom stereocenters. The van der Waals surface area contributed by atoms with Crippen LogP contribution in [0.15, 0.2) is 59.0 Å². The van der Waals surface area contributed by atoms with E-state index >= 15 is 0 Å². The predicted octanol–water partition coefficient (Wildman–Crippen LogP) is 3.42. The van der Waals surface area contributed by atoms with Crippen LogP contribution in [0.2, 0.25) is 0 Å². The molecule has 1 aromatic heterocycles. The molecule has 9 heteroatoms. The van der Waals surface area contributed by atoms with Gasteiger partial charge in [0.05, 0.1) is 18.2 Å². The van der Waals surface area contributed by atoms with Gasteiger partial charge >= 0.3 is 0 Å². The molecule has 0 aliphatic carbocycles. The Hall–Kier alpha value is -3.17. The van der Waals surface area contributed by atoms with Crippen LogP contribution >= 0.6 is 11.8 Å². The summed E-state index contributed by atoms with van der Waals surface area (Å²) in [4.78, 5) is 27.0. The highest BCUT2D eigenvalue weighted by Crippen LogP contribution is 2.38. The number of carbonyl (C=O) groups is 2. The molecule has 1 aliphatic rings. The van der Waals surface area contributed by atoms with E-state index in [2.05, 4.69) is 15.5 Å². The number of nitrogens with one attached hydrogen (secondary N) is 1. The highest BCUT2D eigenvalue weighted by atomic mass is 32.2. The van der Waals surface area contributed by atoms with Gasteiger partial charge in [0, 0.05) is 0 Å². The monoisotopic (exact) mass is 494 g/mol. The zero-order valence-corrected chi connectivity index (χ0v) is 20.9. The molecule has 3 aromatic rings. The van der Waals surface area contributed by atoms with Crippen molar-refractivity contribution in [2.45, 2.75) is 44.7 Å². The van der Waals surface area contributed by atoms with Crippen LogP contribution in [0, 0.1) is 12.8 Å². The van der Waals surface area contributed by atoms with Gasteiger partial charge in [0.2, 0.25) is 23.6 Å². The van der Waals surface area contributed by atoms with Crippen molar-refractivity contribution in [1.82, 2.24) is 20.4 Å². The highest BCUT2D eigenvalue weighted by molar-refractivity contribution is 8.00. The number of rotatable bonds is 9. The maximum absolute atomic E-state index is 13.0. The lowest BCUT2D eigenvalue weighted by Gasteiger charge is -2.28. The maximum Gasteiger partial charge on any atom is 0.247 e. The van der Waals surface area contributed by atoms with Crippen LogP contribution in [-0.2, 0) is 16.0 Å². The summed E-state index contributed by atoms with van der Waals surface area (Å²) in [6, 6.07) is 17.0. The molecule has 1 saturated heterocycles. The third-order valence-corrected chi connectivity index (χ3v) is 7.18. The molecule has 2 heterocycles. The number of hydrogen-bond acceptors (Lipinski definition) is 7. The molecule has 0 saturated carbocycles. The third-order valence-electron chi connectivity index (χ3n) is 5.93. The predicted molar refractivity (Wildman–Crippen MR) is 133 cm³/mol. The summed E-state index contributed by atoms with van der Waals surface area (Å²) in [5, 5.41) is 21.7. The molecule has 2 aromatic carbocycles. The molecule has 0 spiro atoms. The lowest BCUT2D eigenvalue weighted by atomic mass is 9.98. The number of nitrogens with zero attached hydrogens (tertiary/aromatic N) is 3. The van der Waals surface area contributed by atoms with Gasteiger partial charge in [-0.15, -0.1) is 22.0 Å². The van der Waals surface area contributed by atoms with Gasteiger partial charge in [0.25, 0.3) is 0 Å². The van der Waals surface area contributed by atoms with Gasteiger partial charge in [0.15, 0.2) is 6.10 Å². The third kappa shape index (κ3) is 6.10. The minimum atomic E-state index is -1.17. The van der Waals surface area contributed by atoms with Gasteiger partial charge in [-0.3, -0.25) is 9.59 Å². The van der Waals surface area contributed by atoms with Crippen molar-refractivity contribution in [3.05, 3.63) is 83.1 Å². The molecular weight excluding hydrogens is 464 g/mol. The summed E-state index contributed by atoms with van der Waals surface area (Å²) >= 11 is 1.50. The topological polar surface area (TPSA) is 109 Å². The van der Waals surface area contributed by atoms with Crippen molar-refractivity contribution in [2.75, 3.05) is 12.3 Å². The second kappa shape index (κ2) is 11.0. The zero-order valence-electron chi connectivity index (χ0n) is 20.0. The molecule has 35 heavy (non-hydrogen) atoms. The van der Waals surface area contributed by atoms with Gasteiger partial charge in [0.1, 0.15) is 11.9 Å². The molecule has 0 bridgehead atoms. The van der Waals surface area contributed by atoms with Crippen molar-refractivity contribution in [3.8, 4) is 0 Å². The first-order valence-electron chi connectivity index (χ1n) is 11.6. The average molecular weight is 495 g/mol. The SMILES string of the molecule is Cc1cccc(Cc2nnc(C(O)[C@@H](NC(=O)CN3C(=O)CS[C@H]3c3ccccc3)C(C)C)o2)c1. The summed E-state index contributed by atoms with van der Waals surface area (Å²) in [6.45, 7) is 5.70. The number of aryl methyl sites for hydroxylation is 1. The fourth-order valence-corrected chi connectivity index (χ4v) is 5.31. The van der Waals surface area contributed by atoms with Crippen molar-refractivity contribution in [2.24, 2.45) is 5.92 Å². The van der Waals surface area contributed by atoms with Crippen molar-refractivity contribution >= 4 is 23.6 Å². The minimum absolute atomic E-state index is 0.0571. The summed E-state index contributed by atoms with van der Waals surface area (Å²) in [7, 11) is 0. The van der Waals surface area contributed by atoms with E-state index in [0.717, 1.165) is 16.7 Å². The first-order valence-corrected chi connectivity index (χ1v) is 12.7. The Labute approximate surface area is 209 Å². The molecule has 1 fully saturated rings. The Morgan fingerprint density at radius 1 is 1.20 bits per heavy atom. The molecule has 2 amide bonds. The van der Waals surface area contributed by atoms with E-state index in [9.17, 15) is 14.7 Å². The first kappa shape index (κ1) is 24.9. The number of hydrogen-bond donors (Lipinski definition) is 2. The van der Waals surface area contributed by atoms with E-state index in [1.165, 1.54) is 11.8 Å². The summed E-state index contributed by atoms with van der Waals surface area (Å²) in [6.07, 6.45) is -0.721. The molecular formula is C26H30N4O4S. The van der Waals surface area contributed by atoms with Crippen LogP contribution in [-0.4, -0.2) is 50.4 Å². The quantitative estimate of drug-likeness (QED) is 0.469.